The zero-order valence-electron chi connectivity index (χ0n) is 12.9. The number of halogens is 1. The van der Waals surface area contributed by atoms with Crippen LogP contribution in [0.2, 0.25) is 5.02 Å². The number of aryl methyl sites for hydroxylation is 2. The van der Waals surface area contributed by atoms with Gasteiger partial charge in [0, 0.05) is 19.6 Å². The number of aromatic nitrogens is 2. The van der Waals surface area contributed by atoms with Crippen LogP contribution in [0.1, 0.15) is 39.1 Å². The molecule has 0 amide bonds. The summed E-state index contributed by atoms with van der Waals surface area (Å²) in [5.74, 6) is -0.213. The van der Waals surface area contributed by atoms with Crippen molar-refractivity contribution < 1.29 is 9.53 Å². The van der Waals surface area contributed by atoms with E-state index in [2.05, 4.69) is 5.10 Å². The fourth-order valence-electron chi connectivity index (χ4n) is 1.98. The van der Waals surface area contributed by atoms with E-state index in [0.717, 1.165) is 17.8 Å². The zero-order chi connectivity index (χ0) is 15.3. The van der Waals surface area contributed by atoms with Crippen LogP contribution in [0.5, 0.6) is 0 Å². The maximum absolute atomic E-state index is 11.7. The van der Waals surface area contributed by atoms with Crippen LogP contribution in [0.4, 0.5) is 0 Å². The molecule has 20 heavy (non-hydrogen) atoms. The monoisotopic (exact) mass is 301 g/mol. The van der Waals surface area contributed by atoms with E-state index in [1.165, 1.54) is 0 Å². The number of hydrogen-bond acceptors (Lipinski definition) is 4. The summed E-state index contributed by atoms with van der Waals surface area (Å²) in [5.41, 5.74) is 1.82. The summed E-state index contributed by atoms with van der Waals surface area (Å²) < 4.78 is 6.80. The summed E-state index contributed by atoms with van der Waals surface area (Å²) in [6, 6.07) is 0.218. The Balaban J connectivity index is 2.86. The Labute approximate surface area is 125 Å². The number of hydrogen-bond donors (Lipinski definition) is 0. The second-order valence-electron chi connectivity index (χ2n) is 4.99. The third-order valence-corrected chi connectivity index (χ3v) is 3.66. The molecule has 0 fully saturated rings. The first-order valence-electron chi connectivity index (χ1n) is 7.00. The Morgan fingerprint density at radius 1 is 1.45 bits per heavy atom. The van der Waals surface area contributed by atoms with Gasteiger partial charge in [-0.25, -0.2) is 0 Å². The van der Waals surface area contributed by atoms with Crippen molar-refractivity contribution in [2.45, 2.75) is 46.7 Å². The third-order valence-electron chi connectivity index (χ3n) is 3.22. The molecule has 0 N–H and O–H groups in total. The first-order chi connectivity index (χ1) is 9.40. The molecular weight excluding hydrogens is 278 g/mol. The first kappa shape index (κ1) is 17.0. The molecule has 0 aliphatic heterocycles. The molecule has 0 aliphatic rings. The highest BCUT2D eigenvalue weighted by Gasteiger charge is 2.20. The fraction of sp³-hybridized carbons (Fsp3) is 0.714. The van der Waals surface area contributed by atoms with Gasteiger partial charge in [-0.3, -0.25) is 14.4 Å². The Hall–Kier alpha value is -1.07. The summed E-state index contributed by atoms with van der Waals surface area (Å²) in [6.07, 6.45) is 0.798. The molecule has 114 valence electrons. The van der Waals surface area contributed by atoms with Crippen LogP contribution in [0.25, 0.3) is 0 Å². The average Bonchev–Trinajstić information content (AvgIpc) is 2.65. The number of ether oxygens (including phenoxy) is 1. The van der Waals surface area contributed by atoms with Gasteiger partial charge in [0.05, 0.1) is 29.6 Å². The molecule has 0 bridgehead atoms. The largest absolute Gasteiger partial charge is 0.465 e. The molecule has 0 saturated carbocycles. The lowest BCUT2D eigenvalue weighted by Crippen LogP contribution is -2.36. The van der Waals surface area contributed by atoms with Crippen molar-refractivity contribution in [1.29, 1.82) is 0 Å². The lowest BCUT2D eigenvalue weighted by Gasteiger charge is -2.25. The van der Waals surface area contributed by atoms with E-state index in [4.69, 9.17) is 16.3 Å². The zero-order valence-corrected chi connectivity index (χ0v) is 13.7. The molecule has 0 saturated heterocycles. The SMILES string of the molecule is CCOC(=O)CN(Cc1c(Cl)c(CC)nn1C)C(C)C. The van der Waals surface area contributed by atoms with Crippen LogP contribution in [-0.4, -0.2) is 39.8 Å². The van der Waals surface area contributed by atoms with Crippen LogP contribution in [0, 0.1) is 0 Å². The minimum Gasteiger partial charge on any atom is -0.465 e. The molecule has 0 aromatic carbocycles. The molecule has 1 rings (SSSR count). The van der Waals surface area contributed by atoms with E-state index in [9.17, 15) is 4.79 Å². The predicted molar refractivity (Wildman–Crippen MR) is 79.8 cm³/mol. The third kappa shape index (κ3) is 4.21. The van der Waals surface area contributed by atoms with Gasteiger partial charge in [-0.15, -0.1) is 0 Å². The summed E-state index contributed by atoms with van der Waals surface area (Å²) in [6.45, 7) is 9.17. The van der Waals surface area contributed by atoms with Gasteiger partial charge in [0.1, 0.15) is 0 Å². The van der Waals surface area contributed by atoms with Crippen molar-refractivity contribution >= 4 is 17.6 Å². The number of nitrogens with zero attached hydrogens (tertiary/aromatic N) is 3. The van der Waals surface area contributed by atoms with E-state index >= 15 is 0 Å². The number of esters is 1. The predicted octanol–water partition coefficient (Wildman–Crippen LogP) is 2.41. The Morgan fingerprint density at radius 2 is 2.10 bits per heavy atom. The molecule has 1 heterocycles. The van der Waals surface area contributed by atoms with Gasteiger partial charge >= 0.3 is 5.97 Å². The molecule has 5 nitrogen and oxygen atoms in total. The van der Waals surface area contributed by atoms with Gasteiger partial charge in [0.2, 0.25) is 0 Å². The first-order valence-corrected chi connectivity index (χ1v) is 7.38. The normalized spacial score (nSPS) is 11.4. The minimum absolute atomic E-state index is 0.213. The summed E-state index contributed by atoms with van der Waals surface area (Å²) in [4.78, 5) is 13.7. The van der Waals surface area contributed by atoms with Crippen LogP contribution in [-0.2, 0) is 29.5 Å². The van der Waals surface area contributed by atoms with Crippen molar-refractivity contribution in [3.63, 3.8) is 0 Å². The molecule has 6 heteroatoms. The molecule has 1 aromatic rings. The topological polar surface area (TPSA) is 47.4 Å². The Morgan fingerprint density at radius 3 is 2.55 bits per heavy atom. The highest BCUT2D eigenvalue weighted by atomic mass is 35.5. The fourth-order valence-corrected chi connectivity index (χ4v) is 2.33. The van der Waals surface area contributed by atoms with Crippen LogP contribution < -0.4 is 0 Å². The number of carbonyl (C=O) groups is 1. The average molecular weight is 302 g/mol. The van der Waals surface area contributed by atoms with E-state index in [1.54, 1.807) is 4.68 Å². The Bertz CT molecular complexity index is 458. The highest BCUT2D eigenvalue weighted by molar-refractivity contribution is 6.31. The summed E-state index contributed by atoms with van der Waals surface area (Å²) in [5, 5.41) is 5.10. The van der Waals surface area contributed by atoms with E-state index in [1.807, 2.05) is 39.6 Å². The maximum atomic E-state index is 11.7. The van der Waals surface area contributed by atoms with Gasteiger partial charge in [-0.2, -0.15) is 5.10 Å². The molecule has 0 spiro atoms. The second-order valence-corrected chi connectivity index (χ2v) is 5.37. The summed E-state index contributed by atoms with van der Waals surface area (Å²) >= 11 is 6.35. The molecule has 0 radical (unpaired) electrons. The van der Waals surface area contributed by atoms with Crippen LogP contribution in [0.3, 0.4) is 0 Å². The van der Waals surface area contributed by atoms with Gasteiger partial charge in [0.25, 0.3) is 0 Å². The highest BCUT2D eigenvalue weighted by Crippen LogP contribution is 2.22. The lowest BCUT2D eigenvalue weighted by molar-refractivity contribution is -0.145. The van der Waals surface area contributed by atoms with Crippen molar-refractivity contribution in [1.82, 2.24) is 14.7 Å². The number of rotatable bonds is 7. The molecule has 0 unspecified atom stereocenters. The lowest BCUT2D eigenvalue weighted by atomic mass is 10.2. The quantitative estimate of drug-likeness (QED) is 0.726. The van der Waals surface area contributed by atoms with Crippen molar-refractivity contribution in [3.8, 4) is 0 Å². The van der Waals surface area contributed by atoms with Crippen molar-refractivity contribution in [2.75, 3.05) is 13.2 Å². The molecular formula is C14H24ClN3O2. The maximum Gasteiger partial charge on any atom is 0.320 e. The van der Waals surface area contributed by atoms with Crippen molar-refractivity contribution in [2.24, 2.45) is 7.05 Å². The van der Waals surface area contributed by atoms with Gasteiger partial charge in [-0.1, -0.05) is 18.5 Å². The van der Waals surface area contributed by atoms with Gasteiger partial charge < -0.3 is 4.74 Å². The number of carbonyl (C=O) groups excluding carboxylic acids is 1. The minimum atomic E-state index is -0.213. The summed E-state index contributed by atoms with van der Waals surface area (Å²) in [7, 11) is 1.88. The molecule has 1 aromatic heterocycles. The van der Waals surface area contributed by atoms with Crippen LogP contribution in [0.15, 0.2) is 0 Å². The van der Waals surface area contributed by atoms with E-state index in [-0.39, 0.29) is 18.6 Å². The molecule has 0 aliphatic carbocycles. The molecule has 0 atom stereocenters. The van der Waals surface area contributed by atoms with Crippen molar-refractivity contribution in [3.05, 3.63) is 16.4 Å². The standard InChI is InChI=1S/C14H24ClN3O2/c1-6-11-14(15)12(17(5)16-11)8-18(10(3)4)9-13(19)20-7-2/h10H,6-9H2,1-5H3. The second kappa shape index (κ2) is 7.64. The van der Waals surface area contributed by atoms with Gasteiger partial charge in [-0.05, 0) is 27.2 Å². The van der Waals surface area contributed by atoms with Gasteiger partial charge in [0.15, 0.2) is 0 Å². The van der Waals surface area contributed by atoms with E-state index < -0.39 is 0 Å². The Kier molecular flexibility index (Phi) is 6.49. The van der Waals surface area contributed by atoms with E-state index in [0.29, 0.717) is 18.2 Å². The van der Waals surface area contributed by atoms with Crippen LogP contribution >= 0.6 is 11.6 Å². The smallest absolute Gasteiger partial charge is 0.320 e.